The third-order valence-corrected chi connectivity index (χ3v) is 2.30. The summed E-state index contributed by atoms with van der Waals surface area (Å²) in [6.45, 7) is 1.97. The summed E-state index contributed by atoms with van der Waals surface area (Å²) < 4.78 is 0. The van der Waals surface area contributed by atoms with Crippen LogP contribution in [-0.4, -0.2) is 36.1 Å². The molecule has 0 amide bonds. The van der Waals surface area contributed by atoms with Crippen molar-refractivity contribution < 1.29 is 9.90 Å². The molecule has 0 aromatic rings. The summed E-state index contributed by atoms with van der Waals surface area (Å²) in [4.78, 5) is 12.8. The van der Waals surface area contributed by atoms with Crippen molar-refractivity contribution in [2.75, 3.05) is 20.1 Å². The third kappa shape index (κ3) is 2.50. The molecule has 0 saturated carbocycles. The Hall–Kier alpha value is -0.570. The van der Waals surface area contributed by atoms with E-state index in [1.165, 1.54) is 0 Å². The quantitative estimate of drug-likeness (QED) is 0.612. The van der Waals surface area contributed by atoms with Crippen LogP contribution in [-0.2, 0) is 4.79 Å². The van der Waals surface area contributed by atoms with E-state index in [2.05, 4.69) is 4.90 Å². The minimum atomic E-state index is -0.625. The minimum Gasteiger partial charge on any atom is -0.481 e. The maximum atomic E-state index is 10.6. The van der Waals surface area contributed by atoms with Crippen molar-refractivity contribution in [1.29, 1.82) is 0 Å². The second-order valence-electron chi connectivity index (χ2n) is 3.27. The van der Waals surface area contributed by atoms with Gasteiger partial charge in [-0.05, 0) is 39.4 Å². The molecule has 3 nitrogen and oxygen atoms in total. The smallest absolute Gasteiger partial charge is 0.306 e. The van der Waals surface area contributed by atoms with Crippen LogP contribution < -0.4 is 0 Å². The zero-order valence-corrected chi connectivity index (χ0v) is 6.92. The van der Waals surface area contributed by atoms with Crippen molar-refractivity contribution in [3.8, 4) is 0 Å². The number of hydrogen-bond donors (Lipinski definition) is 1. The molecule has 0 unspecified atom stereocenters. The van der Waals surface area contributed by atoms with E-state index < -0.39 is 5.97 Å². The van der Waals surface area contributed by atoms with Gasteiger partial charge in [0.15, 0.2) is 0 Å². The Kier molecular flexibility index (Phi) is 2.88. The van der Waals surface area contributed by atoms with E-state index in [0.717, 1.165) is 32.4 Å². The number of nitrogens with zero attached hydrogens (tertiary/aromatic N) is 1. The summed E-state index contributed by atoms with van der Waals surface area (Å²) in [6.07, 6.45) is 2.68. The Balaban J connectivity index is 2.40. The first-order valence-corrected chi connectivity index (χ1v) is 4.11. The molecule has 0 aromatic heterocycles. The second kappa shape index (κ2) is 3.72. The van der Waals surface area contributed by atoms with Gasteiger partial charge in [0, 0.05) is 0 Å². The van der Waals surface area contributed by atoms with Crippen LogP contribution in [0.25, 0.3) is 0 Å². The largest absolute Gasteiger partial charge is 0.481 e. The predicted molar refractivity (Wildman–Crippen MR) is 42.5 cm³/mol. The van der Waals surface area contributed by atoms with Crippen LogP contribution in [0.4, 0.5) is 0 Å². The number of rotatable bonds is 1. The zero-order chi connectivity index (χ0) is 8.27. The van der Waals surface area contributed by atoms with E-state index in [1.807, 2.05) is 7.05 Å². The third-order valence-electron chi connectivity index (χ3n) is 2.30. The minimum absolute atomic E-state index is 0.0973. The van der Waals surface area contributed by atoms with Gasteiger partial charge in [0.2, 0.25) is 0 Å². The molecule has 1 heterocycles. The maximum Gasteiger partial charge on any atom is 0.306 e. The van der Waals surface area contributed by atoms with Crippen LogP contribution >= 0.6 is 0 Å². The highest BCUT2D eigenvalue weighted by atomic mass is 16.4. The van der Waals surface area contributed by atoms with Gasteiger partial charge in [-0.2, -0.15) is 0 Å². The van der Waals surface area contributed by atoms with Crippen molar-refractivity contribution in [3.63, 3.8) is 0 Å². The van der Waals surface area contributed by atoms with Gasteiger partial charge in [-0.1, -0.05) is 0 Å². The van der Waals surface area contributed by atoms with Gasteiger partial charge >= 0.3 is 5.97 Å². The van der Waals surface area contributed by atoms with Gasteiger partial charge in [0.25, 0.3) is 0 Å². The van der Waals surface area contributed by atoms with Crippen LogP contribution in [0.2, 0.25) is 0 Å². The average Bonchev–Trinajstić information content (AvgIpc) is 2.13. The molecule has 1 N–H and O–H groups in total. The normalized spacial score (nSPS) is 27.9. The molecule has 0 bridgehead atoms. The van der Waals surface area contributed by atoms with Crippen LogP contribution in [0.1, 0.15) is 19.3 Å². The summed E-state index contributed by atoms with van der Waals surface area (Å²) in [7, 11) is 2.05. The van der Waals surface area contributed by atoms with Gasteiger partial charge in [-0.15, -0.1) is 0 Å². The van der Waals surface area contributed by atoms with Crippen molar-refractivity contribution in [3.05, 3.63) is 0 Å². The molecular formula is C8H15NO2. The highest BCUT2D eigenvalue weighted by Gasteiger charge is 2.20. The summed E-state index contributed by atoms with van der Waals surface area (Å²) in [5.74, 6) is -0.722. The lowest BCUT2D eigenvalue weighted by Gasteiger charge is -2.11. The second-order valence-corrected chi connectivity index (χ2v) is 3.27. The standard InChI is InChI=1S/C8H15NO2/c1-9-5-2-3-7(4-6-9)8(10)11/h7H,2-6H2,1H3,(H,10,11)/t7-/m0/s1. The summed E-state index contributed by atoms with van der Waals surface area (Å²) in [5, 5.41) is 8.73. The van der Waals surface area contributed by atoms with Crippen molar-refractivity contribution in [1.82, 2.24) is 4.90 Å². The first-order chi connectivity index (χ1) is 5.20. The number of carboxylic acids is 1. The molecule has 1 atom stereocenters. The average molecular weight is 157 g/mol. The molecule has 3 heteroatoms. The number of carbonyl (C=O) groups is 1. The summed E-state index contributed by atoms with van der Waals surface area (Å²) in [5.41, 5.74) is 0. The van der Waals surface area contributed by atoms with Crippen molar-refractivity contribution in [2.45, 2.75) is 19.3 Å². The summed E-state index contributed by atoms with van der Waals surface area (Å²) in [6, 6.07) is 0. The molecule has 1 aliphatic rings. The van der Waals surface area contributed by atoms with E-state index in [9.17, 15) is 4.79 Å². The molecule has 0 radical (unpaired) electrons. The topological polar surface area (TPSA) is 40.5 Å². The van der Waals surface area contributed by atoms with Crippen molar-refractivity contribution >= 4 is 5.97 Å². The van der Waals surface area contributed by atoms with E-state index in [-0.39, 0.29) is 5.92 Å². The lowest BCUT2D eigenvalue weighted by Crippen LogP contribution is -2.20. The number of carboxylic acid groups (broad SMARTS) is 1. The first-order valence-electron chi connectivity index (χ1n) is 4.11. The fourth-order valence-electron chi connectivity index (χ4n) is 1.49. The molecule has 64 valence electrons. The highest BCUT2D eigenvalue weighted by Crippen LogP contribution is 2.16. The van der Waals surface area contributed by atoms with Gasteiger partial charge in [0.05, 0.1) is 5.92 Å². The number of hydrogen-bond acceptors (Lipinski definition) is 2. The van der Waals surface area contributed by atoms with Crippen LogP contribution in [0.3, 0.4) is 0 Å². The molecular weight excluding hydrogens is 142 g/mol. The lowest BCUT2D eigenvalue weighted by molar-refractivity contribution is -0.142. The first kappa shape index (κ1) is 8.53. The van der Waals surface area contributed by atoms with Gasteiger partial charge in [-0.25, -0.2) is 0 Å². The number of aliphatic carboxylic acids is 1. The van der Waals surface area contributed by atoms with Gasteiger partial charge in [0.1, 0.15) is 0 Å². The van der Waals surface area contributed by atoms with E-state index in [4.69, 9.17) is 5.11 Å². The molecule has 1 aliphatic heterocycles. The Morgan fingerprint density at radius 1 is 1.45 bits per heavy atom. The lowest BCUT2D eigenvalue weighted by atomic mass is 10.0. The fraction of sp³-hybridized carbons (Fsp3) is 0.875. The highest BCUT2D eigenvalue weighted by molar-refractivity contribution is 5.69. The fourth-order valence-corrected chi connectivity index (χ4v) is 1.49. The summed E-state index contributed by atoms with van der Waals surface area (Å²) >= 11 is 0. The van der Waals surface area contributed by atoms with Crippen LogP contribution in [0.5, 0.6) is 0 Å². The molecule has 0 aliphatic carbocycles. The monoisotopic (exact) mass is 157 g/mol. The van der Waals surface area contributed by atoms with Crippen LogP contribution in [0, 0.1) is 5.92 Å². The van der Waals surface area contributed by atoms with Crippen LogP contribution in [0.15, 0.2) is 0 Å². The molecule has 1 saturated heterocycles. The molecule has 0 spiro atoms. The zero-order valence-electron chi connectivity index (χ0n) is 6.92. The van der Waals surface area contributed by atoms with E-state index in [0.29, 0.717) is 0 Å². The number of likely N-dealkylation sites (tertiary alicyclic amines) is 1. The Labute approximate surface area is 67.0 Å². The maximum absolute atomic E-state index is 10.6. The Morgan fingerprint density at radius 3 is 2.82 bits per heavy atom. The van der Waals surface area contributed by atoms with Crippen molar-refractivity contribution in [2.24, 2.45) is 5.92 Å². The van der Waals surface area contributed by atoms with E-state index >= 15 is 0 Å². The molecule has 11 heavy (non-hydrogen) atoms. The van der Waals surface area contributed by atoms with Gasteiger partial charge < -0.3 is 10.0 Å². The van der Waals surface area contributed by atoms with E-state index in [1.54, 1.807) is 0 Å². The van der Waals surface area contributed by atoms with Gasteiger partial charge in [-0.3, -0.25) is 4.79 Å². The Morgan fingerprint density at radius 2 is 2.18 bits per heavy atom. The molecule has 1 rings (SSSR count). The molecule has 0 aromatic carbocycles. The molecule has 1 fully saturated rings. The predicted octanol–water partition coefficient (Wildman–Crippen LogP) is 0.803. The SMILES string of the molecule is CN1CCC[C@H](C(=O)O)CC1. The Bertz CT molecular complexity index is 147.